The van der Waals surface area contributed by atoms with Gasteiger partial charge in [-0.1, -0.05) is 36.7 Å². The Bertz CT molecular complexity index is 1170. The molecule has 1 aliphatic heterocycles. The molecule has 1 fully saturated rings. The average molecular weight is 460 g/mol. The average Bonchev–Trinajstić information content (AvgIpc) is 3.16. The molecule has 3 aromatic rings. The van der Waals surface area contributed by atoms with Crippen molar-refractivity contribution in [1.29, 1.82) is 0 Å². The van der Waals surface area contributed by atoms with Gasteiger partial charge < -0.3 is 9.88 Å². The summed E-state index contributed by atoms with van der Waals surface area (Å²) >= 11 is 5.90. The van der Waals surface area contributed by atoms with Crippen molar-refractivity contribution in [2.24, 2.45) is 5.92 Å². The van der Waals surface area contributed by atoms with Gasteiger partial charge in [0.15, 0.2) is 0 Å². The van der Waals surface area contributed by atoms with Gasteiger partial charge >= 0.3 is 0 Å². The van der Waals surface area contributed by atoms with Gasteiger partial charge in [-0.3, -0.25) is 4.79 Å². The Labute approximate surface area is 187 Å². The first-order chi connectivity index (χ1) is 14.8. The van der Waals surface area contributed by atoms with Crippen LogP contribution in [-0.2, 0) is 21.2 Å². The number of hydrogen-bond acceptors (Lipinski definition) is 3. The lowest BCUT2D eigenvalue weighted by atomic mass is 9.98. The number of nitrogens with one attached hydrogen (secondary N) is 2. The molecule has 2 aromatic carbocycles. The normalized spacial score (nSPS) is 16.5. The molecule has 164 valence electrons. The lowest BCUT2D eigenvalue weighted by molar-refractivity contribution is -0.134. The van der Waals surface area contributed by atoms with Crippen LogP contribution in [0.4, 0.5) is 0 Å². The Hall–Kier alpha value is -2.35. The van der Waals surface area contributed by atoms with Crippen LogP contribution < -0.4 is 4.72 Å². The number of benzene rings is 2. The van der Waals surface area contributed by atoms with E-state index in [4.69, 9.17) is 11.6 Å². The summed E-state index contributed by atoms with van der Waals surface area (Å²) in [6, 6.07) is 12.8. The molecule has 0 bridgehead atoms. The van der Waals surface area contributed by atoms with Gasteiger partial charge in [0.05, 0.1) is 4.90 Å². The molecule has 1 saturated heterocycles. The van der Waals surface area contributed by atoms with E-state index in [0.717, 1.165) is 29.3 Å². The molecule has 4 rings (SSSR count). The smallest absolute Gasteiger partial charge is 0.241 e. The first kappa shape index (κ1) is 21.9. The third-order valence-electron chi connectivity index (χ3n) is 5.91. The van der Waals surface area contributed by atoms with Crippen molar-refractivity contribution in [2.45, 2.75) is 37.1 Å². The van der Waals surface area contributed by atoms with Crippen molar-refractivity contribution in [3.63, 3.8) is 0 Å². The van der Waals surface area contributed by atoms with Gasteiger partial charge in [-0.25, -0.2) is 8.42 Å². The molecule has 1 aliphatic rings. The molecule has 0 radical (unpaired) electrons. The summed E-state index contributed by atoms with van der Waals surface area (Å²) in [6.45, 7) is 3.47. The number of fused-ring (bicyclic) bond motifs is 1. The van der Waals surface area contributed by atoms with Crippen LogP contribution in [0.15, 0.2) is 59.6 Å². The number of carbonyl (C=O) groups is 1. The van der Waals surface area contributed by atoms with E-state index in [1.54, 1.807) is 4.90 Å². The van der Waals surface area contributed by atoms with Gasteiger partial charge in [-0.2, -0.15) is 4.72 Å². The number of aromatic nitrogens is 1. The van der Waals surface area contributed by atoms with E-state index in [1.165, 1.54) is 24.3 Å². The van der Waals surface area contributed by atoms with Crippen molar-refractivity contribution in [2.75, 3.05) is 13.1 Å². The number of likely N-dealkylation sites (tertiary alicyclic amines) is 1. The first-order valence-electron chi connectivity index (χ1n) is 10.4. The predicted octanol–water partition coefficient (Wildman–Crippen LogP) is 3.97. The van der Waals surface area contributed by atoms with Crippen LogP contribution in [-0.4, -0.2) is 43.3 Å². The van der Waals surface area contributed by atoms with E-state index in [9.17, 15) is 13.2 Å². The van der Waals surface area contributed by atoms with Gasteiger partial charge in [0, 0.05) is 35.2 Å². The summed E-state index contributed by atoms with van der Waals surface area (Å²) in [5.41, 5.74) is 1.86. The maximum atomic E-state index is 13.4. The highest BCUT2D eigenvalue weighted by Crippen LogP contribution is 2.23. The monoisotopic (exact) mass is 459 g/mol. The molecule has 1 amide bonds. The zero-order chi connectivity index (χ0) is 22.0. The summed E-state index contributed by atoms with van der Waals surface area (Å²) in [7, 11) is -3.89. The SMILES string of the molecule is CC1CCN(C(=O)[C@H](Cc2c[nH]c3ccccc23)NS(=O)(=O)c2ccc(Cl)cc2)CC1. The summed E-state index contributed by atoms with van der Waals surface area (Å²) in [4.78, 5) is 18.5. The van der Waals surface area contributed by atoms with Crippen LogP contribution in [0.5, 0.6) is 0 Å². The van der Waals surface area contributed by atoms with Crippen LogP contribution in [0, 0.1) is 5.92 Å². The summed E-state index contributed by atoms with van der Waals surface area (Å²) < 4.78 is 28.8. The van der Waals surface area contributed by atoms with Crippen LogP contribution in [0.25, 0.3) is 10.9 Å². The number of piperidine rings is 1. The van der Waals surface area contributed by atoms with E-state index in [2.05, 4.69) is 16.6 Å². The number of sulfonamides is 1. The molecule has 1 aromatic heterocycles. The van der Waals surface area contributed by atoms with E-state index >= 15 is 0 Å². The zero-order valence-corrected chi connectivity index (χ0v) is 18.9. The number of amides is 1. The van der Waals surface area contributed by atoms with Crippen molar-refractivity contribution in [3.8, 4) is 0 Å². The number of nitrogens with zero attached hydrogens (tertiary/aromatic N) is 1. The standard InChI is InChI=1S/C23H26ClN3O3S/c1-16-10-12-27(13-11-16)23(28)22(14-17-15-25-21-5-3-2-4-20(17)21)26-31(29,30)19-8-6-18(24)7-9-19/h2-9,15-16,22,25-26H,10-14H2,1H3/t22-/m0/s1. The number of aromatic amines is 1. The van der Waals surface area contributed by atoms with Gasteiger partial charge in [0.2, 0.25) is 15.9 Å². The third-order valence-corrected chi connectivity index (χ3v) is 7.65. The number of halogens is 1. The Morgan fingerprint density at radius 2 is 1.84 bits per heavy atom. The van der Waals surface area contributed by atoms with Crippen molar-refractivity contribution in [3.05, 3.63) is 65.3 Å². The van der Waals surface area contributed by atoms with Gasteiger partial charge in [0.1, 0.15) is 6.04 Å². The summed E-state index contributed by atoms with van der Waals surface area (Å²) in [5, 5.41) is 1.44. The van der Waals surface area contributed by atoms with E-state index < -0.39 is 16.1 Å². The van der Waals surface area contributed by atoms with Gasteiger partial charge in [-0.05, 0) is 61.1 Å². The third kappa shape index (κ3) is 4.95. The predicted molar refractivity (Wildman–Crippen MR) is 123 cm³/mol. The molecule has 31 heavy (non-hydrogen) atoms. The minimum absolute atomic E-state index is 0.0842. The molecule has 1 atom stereocenters. The molecule has 0 saturated carbocycles. The maximum Gasteiger partial charge on any atom is 0.241 e. The molecular weight excluding hydrogens is 434 g/mol. The first-order valence-corrected chi connectivity index (χ1v) is 12.3. The van der Waals surface area contributed by atoms with Crippen LogP contribution in [0.2, 0.25) is 5.02 Å². The quantitative estimate of drug-likeness (QED) is 0.585. The molecule has 8 heteroatoms. The number of carbonyl (C=O) groups excluding carboxylic acids is 1. The fourth-order valence-corrected chi connectivity index (χ4v) is 5.33. The topological polar surface area (TPSA) is 82.3 Å². The molecule has 2 heterocycles. The molecule has 0 spiro atoms. The van der Waals surface area contributed by atoms with Crippen molar-refractivity contribution >= 4 is 38.4 Å². The van der Waals surface area contributed by atoms with Gasteiger partial charge in [0.25, 0.3) is 0 Å². The van der Waals surface area contributed by atoms with E-state index in [1.807, 2.05) is 30.5 Å². The number of hydrogen-bond donors (Lipinski definition) is 2. The second-order valence-corrected chi connectivity index (χ2v) is 10.3. The fourth-order valence-electron chi connectivity index (χ4n) is 4.02. The Kier molecular flexibility index (Phi) is 6.36. The number of rotatable bonds is 6. The molecular formula is C23H26ClN3O3S. The lowest BCUT2D eigenvalue weighted by Crippen LogP contribution is -2.51. The highest BCUT2D eigenvalue weighted by atomic mass is 35.5. The van der Waals surface area contributed by atoms with Crippen molar-refractivity contribution in [1.82, 2.24) is 14.6 Å². The van der Waals surface area contributed by atoms with E-state index in [-0.39, 0.29) is 17.2 Å². The second kappa shape index (κ2) is 9.02. The summed E-state index contributed by atoms with van der Waals surface area (Å²) in [6.07, 6.45) is 3.96. The second-order valence-electron chi connectivity index (χ2n) is 8.20. The van der Waals surface area contributed by atoms with Crippen molar-refractivity contribution < 1.29 is 13.2 Å². The molecule has 6 nitrogen and oxygen atoms in total. The van der Waals surface area contributed by atoms with Crippen LogP contribution in [0.3, 0.4) is 0 Å². The molecule has 0 aliphatic carbocycles. The van der Waals surface area contributed by atoms with Crippen LogP contribution in [0.1, 0.15) is 25.3 Å². The maximum absolute atomic E-state index is 13.4. The Morgan fingerprint density at radius 1 is 1.16 bits per heavy atom. The minimum Gasteiger partial charge on any atom is -0.361 e. The lowest BCUT2D eigenvalue weighted by Gasteiger charge is -2.33. The minimum atomic E-state index is -3.89. The number of H-pyrrole nitrogens is 1. The fraction of sp³-hybridized carbons (Fsp3) is 0.348. The highest BCUT2D eigenvalue weighted by molar-refractivity contribution is 7.89. The van der Waals surface area contributed by atoms with Crippen LogP contribution >= 0.6 is 11.6 Å². The van der Waals surface area contributed by atoms with E-state index in [0.29, 0.717) is 24.0 Å². The largest absolute Gasteiger partial charge is 0.361 e. The molecule has 2 N–H and O–H groups in total. The Morgan fingerprint density at radius 3 is 2.55 bits per heavy atom. The van der Waals surface area contributed by atoms with Gasteiger partial charge in [-0.15, -0.1) is 0 Å². The number of para-hydroxylation sites is 1. The Balaban J connectivity index is 1.63. The highest BCUT2D eigenvalue weighted by Gasteiger charge is 2.31. The zero-order valence-electron chi connectivity index (χ0n) is 17.3. The summed E-state index contributed by atoms with van der Waals surface area (Å²) in [5.74, 6) is 0.386. The molecule has 0 unspecified atom stereocenters.